The number of amides is 1. The van der Waals surface area contributed by atoms with Gasteiger partial charge in [-0.2, -0.15) is 0 Å². The first kappa shape index (κ1) is 12.5. The highest BCUT2D eigenvalue weighted by molar-refractivity contribution is 5.78. The lowest BCUT2D eigenvalue weighted by molar-refractivity contribution is -0.135. The van der Waals surface area contributed by atoms with Crippen LogP contribution in [0, 0.1) is 11.8 Å². The van der Waals surface area contributed by atoms with Gasteiger partial charge in [0.05, 0.1) is 5.92 Å². The third-order valence-electron chi connectivity index (χ3n) is 3.30. The van der Waals surface area contributed by atoms with Gasteiger partial charge in [0.25, 0.3) is 0 Å². The molecule has 0 radical (unpaired) electrons. The number of piperidine rings is 1. The lowest BCUT2D eigenvalue weighted by Crippen LogP contribution is -2.42. The summed E-state index contributed by atoms with van der Waals surface area (Å²) in [6.07, 6.45) is 3.32. The molecule has 1 amide bonds. The standard InChI is InChI=1S/C12H24N2O/c1-4-10(2)9-14(3)12(15)11-6-5-7-13-8-11/h10-11,13H,4-9H2,1-3H3/t10?,11-/m1/s1. The molecular formula is C12H24N2O. The molecule has 1 fully saturated rings. The van der Waals surface area contributed by atoms with Crippen molar-refractivity contribution in [1.29, 1.82) is 0 Å². The van der Waals surface area contributed by atoms with Crippen LogP contribution in [0.2, 0.25) is 0 Å². The van der Waals surface area contributed by atoms with Crippen LogP contribution in [-0.4, -0.2) is 37.5 Å². The van der Waals surface area contributed by atoms with Crippen LogP contribution in [0.3, 0.4) is 0 Å². The molecule has 88 valence electrons. The third kappa shape index (κ3) is 3.82. The van der Waals surface area contributed by atoms with Gasteiger partial charge in [0.2, 0.25) is 5.91 Å². The zero-order valence-corrected chi connectivity index (χ0v) is 10.3. The predicted octanol–water partition coefficient (Wildman–Crippen LogP) is 1.49. The van der Waals surface area contributed by atoms with Crippen molar-refractivity contribution in [2.75, 3.05) is 26.7 Å². The van der Waals surface area contributed by atoms with Crippen LogP contribution in [0.1, 0.15) is 33.1 Å². The highest BCUT2D eigenvalue weighted by Crippen LogP contribution is 2.14. The minimum Gasteiger partial charge on any atom is -0.345 e. The molecule has 15 heavy (non-hydrogen) atoms. The summed E-state index contributed by atoms with van der Waals surface area (Å²) in [5.74, 6) is 1.14. The first-order valence-corrected chi connectivity index (χ1v) is 6.10. The van der Waals surface area contributed by atoms with E-state index in [2.05, 4.69) is 19.2 Å². The zero-order chi connectivity index (χ0) is 11.3. The van der Waals surface area contributed by atoms with Crippen molar-refractivity contribution < 1.29 is 4.79 Å². The van der Waals surface area contributed by atoms with Crippen LogP contribution in [0.15, 0.2) is 0 Å². The molecule has 1 aliphatic rings. The van der Waals surface area contributed by atoms with Crippen LogP contribution in [0.25, 0.3) is 0 Å². The van der Waals surface area contributed by atoms with Crippen molar-refractivity contribution in [2.24, 2.45) is 11.8 Å². The van der Waals surface area contributed by atoms with Crippen LogP contribution < -0.4 is 5.32 Å². The fourth-order valence-electron chi connectivity index (χ4n) is 2.06. The minimum atomic E-state index is 0.216. The number of carbonyl (C=O) groups is 1. The maximum Gasteiger partial charge on any atom is 0.226 e. The highest BCUT2D eigenvalue weighted by atomic mass is 16.2. The molecule has 0 saturated carbocycles. The van der Waals surface area contributed by atoms with Crippen LogP contribution in [-0.2, 0) is 4.79 Å². The quantitative estimate of drug-likeness (QED) is 0.766. The average molecular weight is 212 g/mol. The molecule has 0 aromatic carbocycles. The third-order valence-corrected chi connectivity index (χ3v) is 3.30. The Kier molecular flexibility index (Phi) is 5.09. The molecular weight excluding hydrogens is 188 g/mol. The summed E-state index contributed by atoms with van der Waals surface area (Å²) in [4.78, 5) is 13.9. The van der Waals surface area contributed by atoms with E-state index in [1.165, 1.54) is 0 Å². The molecule has 3 nitrogen and oxygen atoms in total. The van der Waals surface area contributed by atoms with Gasteiger partial charge in [-0.3, -0.25) is 4.79 Å². The summed E-state index contributed by atoms with van der Waals surface area (Å²) in [6.45, 7) is 7.20. The summed E-state index contributed by atoms with van der Waals surface area (Å²) in [6, 6.07) is 0. The van der Waals surface area contributed by atoms with E-state index < -0.39 is 0 Å². The SMILES string of the molecule is CCC(C)CN(C)C(=O)[C@@H]1CCCNC1. The van der Waals surface area contributed by atoms with Crippen LogP contribution >= 0.6 is 0 Å². The molecule has 1 N–H and O–H groups in total. The van der Waals surface area contributed by atoms with Gasteiger partial charge in [0, 0.05) is 20.1 Å². The molecule has 0 bridgehead atoms. The second-order valence-electron chi connectivity index (χ2n) is 4.78. The fourth-order valence-corrected chi connectivity index (χ4v) is 2.06. The number of nitrogens with zero attached hydrogens (tertiary/aromatic N) is 1. The summed E-state index contributed by atoms with van der Waals surface area (Å²) in [7, 11) is 1.93. The maximum absolute atomic E-state index is 12.0. The number of nitrogens with one attached hydrogen (secondary N) is 1. The topological polar surface area (TPSA) is 32.3 Å². The molecule has 1 aliphatic heterocycles. The first-order chi connectivity index (χ1) is 7.15. The Hall–Kier alpha value is -0.570. The van der Waals surface area contributed by atoms with Gasteiger partial charge in [-0.1, -0.05) is 20.3 Å². The van der Waals surface area contributed by atoms with Gasteiger partial charge in [-0.15, -0.1) is 0 Å². The Labute approximate surface area is 93.2 Å². The summed E-state index contributed by atoms with van der Waals surface area (Å²) >= 11 is 0. The van der Waals surface area contributed by atoms with Crippen molar-refractivity contribution in [3.05, 3.63) is 0 Å². The van der Waals surface area contributed by atoms with E-state index in [1.807, 2.05) is 11.9 Å². The van der Waals surface area contributed by atoms with Gasteiger partial charge < -0.3 is 10.2 Å². The van der Waals surface area contributed by atoms with Crippen molar-refractivity contribution in [3.8, 4) is 0 Å². The number of hydrogen-bond donors (Lipinski definition) is 1. The highest BCUT2D eigenvalue weighted by Gasteiger charge is 2.24. The van der Waals surface area contributed by atoms with Crippen LogP contribution in [0.4, 0.5) is 0 Å². The second kappa shape index (κ2) is 6.11. The molecule has 0 aromatic heterocycles. The minimum absolute atomic E-state index is 0.216. The van der Waals surface area contributed by atoms with Gasteiger partial charge >= 0.3 is 0 Å². The first-order valence-electron chi connectivity index (χ1n) is 6.10. The predicted molar refractivity (Wildman–Crippen MR) is 62.7 cm³/mol. The molecule has 1 rings (SSSR count). The van der Waals surface area contributed by atoms with E-state index in [4.69, 9.17) is 0 Å². The molecule has 0 aliphatic carbocycles. The Morgan fingerprint density at radius 1 is 1.60 bits per heavy atom. The lowest BCUT2D eigenvalue weighted by Gasteiger charge is -2.28. The van der Waals surface area contributed by atoms with E-state index in [1.54, 1.807) is 0 Å². The smallest absolute Gasteiger partial charge is 0.226 e. The van der Waals surface area contributed by atoms with E-state index >= 15 is 0 Å². The summed E-state index contributed by atoms with van der Waals surface area (Å²) in [5.41, 5.74) is 0. The fraction of sp³-hybridized carbons (Fsp3) is 0.917. The Morgan fingerprint density at radius 2 is 2.33 bits per heavy atom. The van der Waals surface area contributed by atoms with Crippen LogP contribution in [0.5, 0.6) is 0 Å². The number of carbonyl (C=O) groups excluding carboxylic acids is 1. The summed E-state index contributed by atoms with van der Waals surface area (Å²) < 4.78 is 0. The Bertz CT molecular complexity index is 200. The van der Waals surface area contributed by atoms with E-state index in [0.717, 1.165) is 38.9 Å². The molecule has 1 heterocycles. The molecule has 0 aromatic rings. The van der Waals surface area contributed by atoms with Crippen molar-refractivity contribution in [3.63, 3.8) is 0 Å². The van der Waals surface area contributed by atoms with E-state index in [9.17, 15) is 4.79 Å². The van der Waals surface area contributed by atoms with Gasteiger partial charge in [0.1, 0.15) is 0 Å². The number of hydrogen-bond acceptors (Lipinski definition) is 2. The Morgan fingerprint density at radius 3 is 2.87 bits per heavy atom. The lowest BCUT2D eigenvalue weighted by atomic mass is 9.97. The molecule has 1 saturated heterocycles. The van der Waals surface area contributed by atoms with Crippen molar-refractivity contribution >= 4 is 5.91 Å². The van der Waals surface area contributed by atoms with Gasteiger partial charge in [-0.05, 0) is 25.3 Å². The summed E-state index contributed by atoms with van der Waals surface area (Å²) in [5, 5.41) is 3.29. The van der Waals surface area contributed by atoms with Gasteiger partial charge in [-0.25, -0.2) is 0 Å². The molecule has 0 spiro atoms. The van der Waals surface area contributed by atoms with Crippen molar-refractivity contribution in [2.45, 2.75) is 33.1 Å². The molecule has 2 atom stereocenters. The average Bonchev–Trinajstić information content (AvgIpc) is 2.29. The van der Waals surface area contributed by atoms with Gasteiger partial charge in [0.15, 0.2) is 0 Å². The van der Waals surface area contributed by atoms with Crippen molar-refractivity contribution in [1.82, 2.24) is 10.2 Å². The van der Waals surface area contributed by atoms with E-state index in [-0.39, 0.29) is 5.92 Å². The largest absolute Gasteiger partial charge is 0.345 e. The Balaban J connectivity index is 2.37. The number of rotatable bonds is 4. The maximum atomic E-state index is 12.0. The monoisotopic (exact) mass is 212 g/mol. The second-order valence-corrected chi connectivity index (χ2v) is 4.78. The molecule has 1 unspecified atom stereocenters. The zero-order valence-electron chi connectivity index (χ0n) is 10.3. The molecule has 3 heteroatoms. The van der Waals surface area contributed by atoms with E-state index in [0.29, 0.717) is 11.8 Å². The normalized spacial score (nSPS) is 23.5.